The first kappa shape index (κ1) is 17.0. The molecule has 0 aliphatic heterocycles. The highest BCUT2D eigenvalue weighted by Crippen LogP contribution is 2.35. The molecule has 0 saturated heterocycles. The lowest BCUT2D eigenvalue weighted by atomic mass is 10.1. The van der Waals surface area contributed by atoms with Crippen molar-refractivity contribution in [2.45, 2.75) is 0 Å². The van der Waals surface area contributed by atoms with Gasteiger partial charge >= 0.3 is 0 Å². The van der Waals surface area contributed by atoms with Crippen LogP contribution in [0, 0.1) is 11.6 Å². The van der Waals surface area contributed by atoms with Gasteiger partial charge in [-0.2, -0.15) is 0 Å². The molecule has 0 aliphatic rings. The zero-order valence-corrected chi connectivity index (χ0v) is 14.6. The molecule has 0 aliphatic carbocycles. The van der Waals surface area contributed by atoms with Gasteiger partial charge in [0.25, 0.3) is 5.91 Å². The molecule has 27 heavy (non-hydrogen) atoms. The molecule has 4 aromatic rings. The molecule has 3 N–H and O–H groups in total. The van der Waals surface area contributed by atoms with Gasteiger partial charge in [0.2, 0.25) is 0 Å². The van der Waals surface area contributed by atoms with Crippen molar-refractivity contribution in [3.63, 3.8) is 0 Å². The van der Waals surface area contributed by atoms with E-state index in [2.05, 4.69) is 15.3 Å². The van der Waals surface area contributed by atoms with E-state index in [-0.39, 0.29) is 11.5 Å². The van der Waals surface area contributed by atoms with Crippen LogP contribution in [0.3, 0.4) is 0 Å². The van der Waals surface area contributed by atoms with Gasteiger partial charge in [0.1, 0.15) is 21.3 Å². The number of rotatable bonds is 3. The lowest BCUT2D eigenvalue weighted by Gasteiger charge is -2.03. The molecule has 5 nitrogen and oxygen atoms in total. The molecule has 0 fully saturated rings. The molecule has 0 saturated carbocycles. The molecule has 134 valence electrons. The number of benzene rings is 1. The third kappa shape index (κ3) is 3.22. The minimum Gasteiger partial charge on any atom is -0.397 e. The maximum Gasteiger partial charge on any atom is 0.267 e. The summed E-state index contributed by atoms with van der Waals surface area (Å²) < 4.78 is 27.1. The zero-order chi connectivity index (χ0) is 19.0. The van der Waals surface area contributed by atoms with Crippen molar-refractivity contribution >= 4 is 38.8 Å². The molecule has 3 aromatic heterocycles. The highest BCUT2D eigenvalue weighted by atomic mass is 32.1. The van der Waals surface area contributed by atoms with Crippen LogP contribution in [-0.2, 0) is 0 Å². The number of aromatic nitrogens is 2. The van der Waals surface area contributed by atoms with Crippen molar-refractivity contribution in [3.05, 3.63) is 71.4 Å². The minimum absolute atomic E-state index is 0.173. The molecule has 0 atom stereocenters. The first-order valence-corrected chi connectivity index (χ1v) is 8.70. The van der Waals surface area contributed by atoms with Crippen LogP contribution in [0.2, 0.25) is 0 Å². The van der Waals surface area contributed by atoms with Crippen LogP contribution in [0.25, 0.3) is 21.5 Å². The van der Waals surface area contributed by atoms with Crippen molar-refractivity contribution < 1.29 is 13.6 Å². The number of hydrogen-bond acceptors (Lipinski definition) is 5. The van der Waals surface area contributed by atoms with Crippen LogP contribution in [-0.4, -0.2) is 15.9 Å². The summed E-state index contributed by atoms with van der Waals surface area (Å²) in [7, 11) is 0. The van der Waals surface area contributed by atoms with E-state index in [1.165, 1.54) is 18.3 Å². The quantitative estimate of drug-likeness (QED) is 0.548. The first-order chi connectivity index (χ1) is 13.0. The molecule has 1 amide bonds. The summed E-state index contributed by atoms with van der Waals surface area (Å²) in [5.74, 6) is -1.74. The largest absolute Gasteiger partial charge is 0.397 e. The third-order valence-electron chi connectivity index (χ3n) is 3.93. The second-order valence-corrected chi connectivity index (χ2v) is 6.71. The lowest BCUT2D eigenvalue weighted by Crippen LogP contribution is -2.11. The molecular formula is C19H12F2N4OS. The van der Waals surface area contributed by atoms with E-state index in [4.69, 9.17) is 5.73 Å². The molecule has 0 spiro atoms. The third-order valence-corrected chi connectivity index (χ3v) is 5.04. The molecule has 8 heteroatoms. The van der Waals surface area contributed by atoms with Gasteiger partial charge in [0.15, 0.2) is 0 Å². The van der Waals surface area contributed by atoms with Crippen LogP contribution >= 0.6 is 11.3 Å². The van der Waals surface area contributed by atoms with Crippen LogP contribution in [0.1, 0.15) is 9.67 Å². The van der Waals surface area contributed by atoms with E-state index in [0.717, 1.165) is 17.4 Å². The van der Waals surface area contributed by atoms with Gasteiger partial charge < -0.3 is 11.1 Å². The second-order valence-electron chi connectivity index (χ2n) is 5.71. The summed E-state index contributed by atoms with van der Waals surface area (Å²) >= 11 is 1.10. The Hall–Kier alpha value is -3.39. The van der Waals surface area contributed by atoms with Crippen molar-refractivity contribution in [1.29, 1.82) is 0 Å². The van der Waals surface area contributed by atoms with Crippen molar-refractivity contribution in [3.8, 4) is 11.3 Å². The summed E-state index contributed by atoms with van der Waals surface area (Å²) in [6.07, 6.45) is 3.12. The number of nitrogen functional groups attached to an aromatic ring is 1. The van der Waals surface area contributed by atoms with E-state index in [9.17, 15) is 13.6 Å². The molecule has 0 radical (unpaired) electrons. The smallest absolute Gasteiger partial charge is 0.267 e. The minimum atomic E-state index is -0.707. The normalized spacial score (nSPS) is 10.9. The van der Waals surface area contributed by atoms with Gasteiger partial charge in [-0.3, -0.25) is 9.78 Å². The Labute approximate surface area is 156 Å². The summed E-state index contributed by atoms with van der Waals surface area (Å²) in [5.41, 5.74) is 7.45. The van der Waals surface area contributed by atoms with Crippen molar-refractivity contribution in [2.75, 3.05) is 11.1 Å². The Morgan fingerprint density at radius 2 is 2.00 bits per heavy atom. The van der Waals surface area contributed by atoms with Gasteiger partial charge in [0, 0.05) is 23.2 Å². The fourth-order valence-electron chi connectivity index (χ4n) is 2.64. The Bertz CT molecular complexity index is 1160. The number of nitrogens with two attached hydrogens (primary N) is 1. The summed E-state index contributed by atoms with van der Waals surface area (Å²) in [6.45, 7) is 0. The van der Waals surface area contributed by atoms with E-state index < -0.39 is 11.6 Å². The summed E-state index contributed by atoms with van der Waals surface area (Å²) in [6, 6.07) is 9.97. The van der Waals surface area contributed by atoms with Crippen LogP contribution < -0.4 is 11.1 Å². The summed E-state index contributed by atoms with van der Waals surface area (Å²) in [4.78, 5) is 21.6. The number of hydrogen-bond donors (Lipinski definition) is 2. The number of nitrogens with one attached hydrogen (secondary N) is 1. The summed E-state index contributed by atoms with van der Waals surface area (Å²) in [5, 5.41) is 3.32. The molecule has 0 unspecified atom stereocenters. The van der Waals surface area contributed by atoms with E-state index >= 15 is 0 Å². The number of carbonyl (C=O) groups excluding carboxylic acids is 1. The van der Waals surface area contributed by atoms with Crippen LogP contribution in [0.4, 0.5) is 20.2 Å². The Kier molecular flexibility index (Phi) is 4.25. The number of amides is 1. The number of fused-ring (bicyclic) bond motifs is 1. The molecule has 1 aromatic carbocycles. The number of carbonyl (C=O) groups is 1. The Morgan fingerprint density at radius 1 is 1.15 bits per heavy atom. The predicted molar refractivity (Wildman–Crippen MR) is 102 cm³/mol. The van der Waals surface area contributed by atoms with Gasteiger partial charge in [-0.15, -0.1) is 11.3 Å². The predicted octanol–water partition coefficient (Wildman–Crippen LogP) is 4.47. The fourth-order valence-corrected chi connectivity index (χ4v) is 3.63. The Morgan fingerprint density at radius 3 is 2.74 bits per heavy atom. The number of halogens is 2. The van der Waals surface area contributed by atoms with Gasteiger partial charge in [-0.05, 0) is 36.4 Å². The molecule has 4 rings (SSSR count). The van der Waals surface area contributed by atoms with Crippen molar-refractivity contribution in [2.24, 2.45) is 0 Å². The second kappa shape index (κ2) is 6.73. The van der Waals surface area contributed by atoms with Crippen molar-refractivity contribution in [1.82, 2.24) is 9.97 Å². The number of thiophene rings is 1. The monoisotopic (exact) mass is 382 g/mol. The highest BCUT2D eigenvalue weighted by Gasteiger charge is 2.18. The fraction of sp³-hybridized carbons (Fsp3) is 0. The molecule has 0 bridgehead atoms. The van der Waals surface area contributed by atoms with Gasteiger partial charge in [0.05, 0.1) is 23.3 Å². The molecule has 3 heterocycles. The van der Waals surface area contributed by atoms with Gasteiger partial charge in [-0.1, -0.05) is 0 Å². The van der Waals surface area contributed by atoms with Crippen LogP contribution in [0.5, 0.6) is 0 Å². The maximum atomic E-state index is 14.0. The van der Waals surface area contributed by atoms with Gasteiger partial charge in [-0.25, -0.2) is 13.8 Å². The van der Waals surface area contributed by atoms with E-state index in [0.29, 0.717) is 32.2 Å². The molecular weight excluding hydrogens is 370 g/mol. The Balaban J connectivity index is 1.72. The number of anilines is 2. The first-order valence-electron chi connectivity index (χ1n) is 7.89. The topological polar surface area (TPSA) is 80.9 Å². The highest BCUT2D eigenvalue weighted by molar-refractivity contribution is 7.21. The number of nitrogens with zero attached hydrogens (tertiary/aromatic N) is 2. The SMILES string of the molecule is Nc1c(C(=O)Nc2cccnc2)sc2nc(-c3ccc(F)cc3F)ccc12. The van der Waals surface area contributed by atoms with E-state index in [1.807, 2.05) is 0 Å². The van der Waals surface area contributed by atoms with Crippen LogP contribution in [0.15, 0.2) is 54.9 Å². The average Bonchev–Trinajstić information content (AvgIpc) is 2.99. The standard InChI is InChI=1S/C19H12F2N4OS/c20-10-3-4-12(14(21)8-10)15-6-5-13-16(22)17(27-19(13)25-15)18(26)24-11-2-1-7-23-9-11/h1-9H,22H2,(H,24,26). The lowest BCUT2D eigenvalue weighted by molar-refractivity contribution is 0.103. The number of pyridine rings is 2. The maximum absolute atomic E-state index is 14.0. The zero-order valence-electron chi connectivity index (χ0n) is 13.7. The average molecular weight is 382 g/mol. The van der Waals surface area contributed by atoms with E-state index in [1.54, 1.807) is 30.5 Å².